The van der Waals surface area contributed by atoms with E-state index >= 15 is 0 Å². The lowest BCUT2D eigenvalue weighted by Crippen LogP contribution is -2.14. The monoisotopic (exact) mass is 379 g/mol. The molecule has 1 aromatic heterocycles. The van der Waals surface area contributed by atoms with Crippen molar-refractivity contribution in [1.82, 2.24) is 10.3 Å². The van der Waals surface area contributed by atoms with Gasteiger partial charge in [-0.25, -0.2) is 0 Å². The molecule has 5 heteroatoms. The van der Waals surface area contributed by atoms with Crippen molar-refractivity contribution in [3.05, 3.63) is 62.3 Å². The van der Waals surface area contributed by atoms with Gasteiger partial charge in [-0.3, -0.25) is 4.98 Å². The minimum absolute atomic E-state index is 0.671. The Morgan fingerprint density at radius 1 is 1.21 bits per heavy atom. The molecule has 0 radical (unpaired) electrons. The van der Waals surface area contributed by atoms with Gasteiger partial charge in [-0.15, -0.1) is 0 Å². The van der Waals surface area contributed by atoms with Crippen molar-refractivity contribution in [3.8, 4) is 6.07 Å². The highest BCUT2D eigenvalue weighted by molar-refractivity contribution is 9.11. The van der Waals surface area contributed by atoms with E-state index in [1.54, 1.807) is 12.3 Å². The maximum Gasteiger partial charge on any atom is 0.0991 e. The number of nitrogens with one attached hydrogen (secondary N) is 1. The first-order chi connectivity index (χ1) is 9.19. The van der Waals surface area contributed by atoms with Crippen LogP contribution in [0.5, 0.6) is 0 Å². The van der Waals surface area contributed by atoms with E-state index < -0.39 is 0 Å². The Hall–Kier alpha value is -1.22. The van der Waals surface area contributed by atoms with Gasteiger partial charge in [0, 0.05) is 28.2 Å². The summed E-state index contributed by atoms with van der Waals surface area (Å²) >= 11 is 6.85. The van der Waals surface area contributed by atoms with Gasteiger partial charge in [-0.1, -0.05) is 12.1 Å². The Morgan fingerprint density at radius 3 is 2.79 bits per heavy atom. The normalized spacial score (nSPS) is 10.2. The van der Waals surface area contributed by atoms with Crippen LogP contribution in [0.3, 0.4) is 0 Å². The molecule has 0 saturated heterocycles. The SMILES string of the molecule is N#Cc1cccc(CNCc2ncc(Br)cc2Br)c1. The smallest absolute Gasteiger partial charge is 0.0991 e. The predicted molar refractivity (Wildman–Crippen MR) is 81.3 cm³/mol. The van der Waals surface area contributed by atoms with Crippen LogP contribution in [-0.2, 0) is 13.1 Å². The Kier molecular flexibility index (Phi) is 5.08. The van der Waals surface area contributed by atoms with Crippen LogP contribution in [0.4, 0.5) is 0 Å². The summed E-state index contributed by atoms with van der Waals surface area (Å²) in [6.45, 7) is 1.38. The standard InChI is InChI=1S/C14H11Br2N3/c15-12-5-13(16)14(19-8-12)9-18-7-11-3-1-2-10(4-11)6-17/h1-5,8,18H,7,9H2. The lowest BCUT2D eigenvalue weighted by atomic mass is 10.1. The molecule has 0 aliphatic heterocycles. The van der Waals surface area contributed by atoms with E-state index in [9.17, 15) is 0 Å². The molecule has 0 fully saturated rings. The van der Waals surface area contributed by atoms with Crippen LogP contribution in [0.25, 0.3) is 0 Å². The fourth-order valence-electron chi connectivity index (χ4n) is 1.65. The Labute approximate surface area is 128 Å². The lowest BCUT2D eigenvalue weighted by Gasteiger charge is -2.07. The first-order valence-corrected chi connectivity index (χ1v) is 7.27. The molecule has 0 aliphatic carbocycles. The van der Waals surface area contributed by atoms with Crippen molar-refractivity contribution in [2.75, 3.05) is 0 Å². The van der Waals surface area contributed by atoms with Gasteiger partial charge in [0.1, 0.15) is 0 Å². The molecule has 0 amide bonds. The average Bonchev–Trinajstić information content (AvgIpc) is 2.41. The zero-order valence-electron chi connectivity index (χ0n) is 10.0. The van der Waals surface area contributed by atoms with Gasteiger partial charge in [-0.2, -0.15) is 5.26 Å². The highest BCUT2D eigenvalue weighted by Gasteiger charge is 2.02. The minimum Gasteiger partial charge on any atom is -0.307 e. The van der Waals surface area contributed by atoms with Gasteiger partial charge in [0.15, 0.2) is 0 Å². The van der Waals surface area contributed by atoms with E-state index in [1.807, 2.05) is 24.3 Å². The van der Waals surface area contributed by atoms with Crippen molar-refractivity contribution in [2.45, 2.75) is 13.1 Å². The topological polar surface area (TPSA) is 48.7 Å². The number of pyridine rings is 1. The van der Waals surface area contributed by atoms with Crippen LogP contribution in [-0.4, -0.2) is 4.98 Å². The summed E-state index contributed by atoms with van der Waals surface area (Å²) in [5, 5.41) is 12.1. The van der Waals surface area contributed by atoms with Gasteiger partial charge < -0.3 is 5.32 Å². The Morgan fingerprint density at radius 2 is 2.05 bits per heavy atom. The van der Waals surface area contributed by atoms with E-state index in [0.29, 0.717) is 18.7 Å². The molecule has 0 bridgehead atoms. The van der Waals surface area contributed by atoms with E-state index in [0.717, 1.165) is 20.2 Å². The molecular formula is C14H11Br2N3. The Balaban J connectivity index is 1.94. The molecule has 19 heavy (non-hydrogen) atoms. The second-order valence-electron chi connectivity index (χ2n) is 4.00. The van der Waals surface area contributed by atoms with Gasteiger partial charge in [0.25, 0.3) is 0 Å². The summed E-state index contributed by atoms with van der Waals surface area (Å²) in [5.41, 5.74) is 2.73. The maximum atomic E-state index is 8.84. The lowest BCUT2D eigenvalue weighted by molar-refractivity contribution is 0.677. The number of halogens is 2. The van der Waals surface area contributed by atoms with E-state index in [-0.39, 0.29) is 0 Å². The second-order valence-corrected chi connectivity index (χ2v) is 5.77. The number of aromatic nitrogens is 1. The van der Waals surface area contributed by atoms with Gasteiger partial charge in [-0.05, 0) is 55.6 Å². The number of nitrogens with zero attached hydrogens (tertiary/aromatic N) is 2. The van der Waals surface area contributed by atoms with Crippen LogP contribution < -0.4 is 5.32 Å². The molecule has 0 atom stereocenters. The van der Waals surface area contributed by atoms with Crippen LogP contribution in [0.1, 0.15) is 16.8 Å². The molecular weight excluding hydrogens is 370 g/mol. The van der Waals surface area contributed by atoms with Gasteiger partial charge in [0.2, 0.25) is 0 Å². The minimum atomic E-state index is 0.671. The summed E-state index contributed by atoms with van der Waals surface area (Å²) < 4.78 is 1.92. The largest absolute Gasteiger partial charge is 0.307 e. The summed E-state index contributed by atoms with van der Waals surface area (Å²) in [4.78, 5) is 4.33. The van der Waals surface area contributed by atoms with Crippen molar-refractivity contribution in [3.63, 3.8) is 0 Å². The van der Waals surface area contributed by atoms with Crippen LogP contribution >= 0.6 is 31.9 Å². The van der Waals surface area contributed by atoms with E-state index in [4.69, 9.17) is 5.26 Å². The van der Waals surface area contributed by atoms with Crippen LogP contribution in [0.15, 0.2) is 45.5 Å². The van der Waals surface area contributed by atoms with Gasteiger partial charge in [0.05, 0.1) is 17.3 Å². The third-order valence-electron chi connectivity index (χ3n) is 2.56. The van der Waals surface area contributed by atoms with Gasteiger partial charge >= 0.3 is 0 Å². The molecule has 1 N–H and O–H groups in total. The molecule has 1 aromatic carbocycles. The van der Waals surface area contributed by atoms with Crippen LogP contribution in [0.2, 0.25) is 0 Å². The quantitative estimate of drug-likeness (QED) is 0.878. The fraction of sp³-hybridized carbons (Fsp3) is 0.143. The highest BCUT2D eigenvalue weighted by Crippen LogP contribution is 2.19. The third kappa shape index (κ3) is 4.13. The summed E-state index contributed by atoms with van der Waals surface area (Å²) in [7, 11) is 0. The summed E-state index contributed by atoms with van der Waals surface area (Å²) in [6, 6.07) is 11.7. The highest BCUT2D eigenvalue weighted by atomic mass is 79.9. The summed E-state index contributed by atoms with van der Waals surface area (Å²) in [6.07, 6.45) is 1.78. The first-order valence-electron chi connectivity index (χ1n) is 5.68. The molecule has 1 heterocycles. The van der Waals surface area contributed by atoms with Crippen molar-refractivity contribution < 1.29 is 0 Å². The average molecular weight is 381 g/mol. The van der Waals surface area contributed by atoms with Crippen molar-refractivity contribution in [2.24, 2.45) is 0 Å². The zero-order chi connectivity index (χ0) is 13.7. The molecule has 0 saturated carbocycles. The third-order valence-corrected chi connectivity index (χ3v) is 3.68. The zero-order valence-corrected chi connectivity index (χ0v) is 13.2. The first kappa shape index (κ1) is 14.2. The molecule has 2 aromatic rings. The number of rotatable bonds is 4. The number of benzene rings is 1. The van der Waals surface area contributed by atoms with Crippen LogP contribution in [0, 0.1) is 11.3 Å². The van der Waals surface area contributed by atoms with Crippen molar-refractivity contribution in [1.29, 1.82) is 5.26 Å². The fourth-order valence-corrected chi connectivity index (χ4v) is 2.78. The second kappa shape index (κ2) is 6.80. The number of nitriles is 1. The molecule has 2 rings (SSSR count). The number of hydrogen-bond acceptors (Lipinski definition) is 3. The Bertz CT molecular complexity index is 620. The molecule has 0 unspecified atom stereocenters. The van der Waals surface area contributed by atoms with E-state index in [2.05, 4.69) is 48.2 Å². The number of hydrogen-bond donors (Lipinski definition) is 1. The maximum absolute atomic E-state index is 8.84. The van der Waals surface area contributed by atoms with Crippen molar-refractivity contribution >= 4 is 31.9 Å². The molecule has 3 nitrogen and oxygen atoms in total. The molecule has 96 valence electrons. The molecule has 0 aliphatic rings. The van der Waals surface area contributed by atoms with E-state index in [1.165, 1.54) is 0 Å². The molecule has 0 spiro atoms. The summed E-state index contributed by atoms with van der Waals surface area (Å²) in [5.74, 6) is 0. The predicted octanol–water partition coefficient (Wildman–Crippen LogP) is 3.77.